The number of hydrogen-bond acceptors (Lipinski definition) is 5. The van der Waals surface area contributed by atoms with Crippen molar-refractivity contribution in [2.45, 2.75) is 32.6 Å². The van der Waals surface area contributed by atoms with Crippen LogP contribution in [0.15, 0.2) is 59.4 Å². The minimum Gasteiger partial charge on any atom is -0.493 e. The Morgan fingerprint density at radius 2 is 1.81 bits per heavy atom. The van der Waals surface area contributed by atoms with Gasteiger partial charge in [-0.3, -0.25) is 4.79 Å². The van der Waals surface area contributed by atoms with Gasteiger partial charge in [0.2, 0.25) is 4.96 Å². The first kappa shape index (κ1) is 21.0. The average Bonchev–Trinajstić information content (AvgIpc) is 3.32. The lowest BCUT2D eigenvalue weighted by atomic mass is 10.2. The third-order valence-corrected chi connectivity index (χ3v) is 5.84. The van der Waals surface area contributed by atoms with Gasteiger partial charge in [0.1, 0.15) is 5.75 Å². The van der Waals surface area contributed by atoms with Crippen LogP contribution in [-0.2, 0) is 0 Å². The fraction of sp³-hybridized carbons (Fsp3) is 0.240. The van der Waals surface area contributed by atoms with Crippen molar-refractivity contribution in [3.05, 3.63) is 86.4 Å². The highest BCUT2D eigenvalue weighted by atomic mass is 32.1. The van der Waals surface area contributed by atoms with Gasteiger partial charge >= 0.3 is 0 Å². The van der Waals surface area contributed by atoms with E-state index in [-0.39, 0.29) is 5.56 Å². The molecule has 0 saturated carbocycles. The number of para-hydroxylation sites is 1. The molecule has 0 unspecified atom stereocenters. The minimum absolute atomic E-state index is 0.162. The van der Waals surface area contributed by atoms with E-state index >= 15 is 0 Å². The van der Waals surface area contributed by atoms with Gasteiger partial charge in [0, 0.05) is 5.56 Å². The molecule has 0 spiro atoms. The van der Waals surface area contributed by atoms with Crippen molar-refractivity contribution in [3.63, 3.8) is 0 Å². The second kappa shape index (κ2) is 10.2. The Kier molecular flexibility index (Phi) is 6.89. The SMILES string of the molecule is CCCCCCOc1ccccc1C=c1sc2nc(C=Cc3ccccc3)nn2c1=O. The molecule has 0 amide bonds. The van der Waals surface area contributed by atoms with Gasteiger partial charge in [-0.15, -0.1) is 5.10 Å². The van der Waals surface area contributed by atoms with Gasteiger partial charge in [0.25, 0.3) is 5.56 Å². The second-order valence-electron chi connectivity index (χ2n) is 7.27. The highest BCUT2D eigenvalue weighted by Crippen LogP contribution is 2.19. The molecule has 0 bridgehead atoms. The zero-order valence-electron chi connectivity index (χ0n) is 17.5. The molecule has 158 valence electrons. The normalized spacial score (nSPS) is 12.2. The predicted octanol–water partition coefficient (Wildman–Crippen LogP) is 4.83. The van der Waals surface area contributed by atoms with Crippen molar-refractivity contribution in [2.24, 2.45) is 0 Å². The molecule has 0 aliphatic rings. The van der Waals surface area contributed by atoms with Crippen LogP contribution in [0.1, 0.15) is 49.6 Å². The fourth-order valence-electron chi connectivity index (χ4n) is 3.24. The third-order valence-electron chi connectivity index (χ3n) is 4.88. The highest BCUT2D eigenvalue weighted by molar-refractivity contribution is 7.15. The molecule has 6 heteroatoms. The Balaban J connectivity index is 1.55. The number of benzene rings is 2. The lowest BCUT2D eigenvalue weighted by molar-refractivity contribution is 0.304. The number of nitrogens with zero attached hydrogens (tertiary/aromatic N) is 3. The monoisotopic (exact) mass is 431 g/mol. The number of unbranched alkanes of at least 4 members (excludes halogenated alkanes) is 3. The summed E-state index contributed by atoms with van der Waals surface area (Å²) in [6.07, 6.45) is 10.2. The Bertz CT molecular complexity index is 1280. The van der Waals surface area contributed by atoms with E-state index < -0.39 is 0 Å². The summed E-state index contributed by atoms with van der Waals surface area (Å²) < 4.78 is 7.93. The highest BCUT2D eigenvalue weighted by Gasteiger charge is 2.10. The molecule has 0 fully saturated rings. The molecule has 2 aromatic heterocycles. The summed E-state index contributed by atoms with van der Waals surface area (Å²) >= 11 is 1.34. The molecule has 31 heavy (non-hydrogen) atoms. The predicted molar refractivity (Wildman–Crippen MR) is 127 cm³/mol. The molecule has 0 radical (unpaired) electrons. The van der Waals surface area contributed by atoms with Gasteiger partial charge in [0.05, 0.1) is 11.1 Å². The first-order valence-corrected chi connectivity index (χ1v) is 11.4. The lowest BCUT2D eigenvalue weighted by Gasteiger charge is -2.08. The van der Waals surface area contributed by atoms with E-state index in [9.17, 15) is 4.79 Å². The smallest absolute Gasteiger partial charge is 0.291 e. The zero-order valence-corrected chi connectivity index (χ0v) is 18.3. The largest absolute Gasteiger partial charge is 0.493 e. The Morgan fingerprint density at radius 1 is 1.00 bits per heavy atom. The van der Waals surface area contributed by atoms with Gasteiger partial charge in [-0.25, -0.2) is 0 Å². The Hall–Kier alpha value is -3.25. The van der Waals surface area contributed by atoms with E-state index in [1.165, 1.54) is 35.1 Å². The van der Waals surface area contributed by atoms with E-state index in [1.807, 2.05) is 72.8 Å². The lowest BCUT2D eigenvalue weighted by Crippen LogP contribution is -2.23. The maximum absolute atomic E-state index is 12.8. The maximum Gasteiger partial charge on any atom is 0.291 e. The molecule has 4 rings (SSSR count). The Labute approximate surface area is 185 Å². The number of thiazole rings is 1. The van der Waals surface area contributed by atoms with E-state index in [4.69, 9.17) is 4.74 Å². The van der Waals surface area contributed by atoms with Crippen molar-refractivity contribution in [1.29, 1.82) is 0 Å². The van der Waals surface area contributed by atoms with Crippen LogP contribution >= 0.6 is 11.3 Å². The summed E-state index contributed by atoms with van der Waals surface area (Å²) in [6, 6.07) is 17.7. The van der Waals surface area contributed by atoms with Gasteiger partial charge < -0.3 is 4.74 Å². The fourth-order valence-corrected chi connectivity index (χ4v) is 4.14. The van der Waals surface area contributed by atoms with Crippen LogP contribution in [0, 0.1) is 0 Å². The average molecular weight is 432 g/mol. The number of ether oxygens (including phenoxy) is 1. The topological polar surface area (TPSA) is 56.5 Å². The molecule has 4 aromatic rings. The zero-order chi connectivity index (χ0) is 21.5. The van der Waals surface area contributed by atoms with Crippen LogP contribution in [0.3, 0.4) is 0 Å². The first-order chi connectivity index (χ1) is 15.2. The van der Waals surface area contributed by atoms with Gasteiger partial charge in [-0.05, 0) is 30.2 Å². The second-order valence-corrected chi connectivity index (χ2v) is 8.28. The van der Waals surface area contributed by atoms with Crippen LogP contribution in [-0.4, -0.2) is 21.2 Å². The molecule has 2 heterocycles. The molecule has 5 nitrogen and oxygen atoms in total. The molecule has 0 N–H and O–H groups in total. The molecule has 2 aromatic carbocycles. The van der Waals surface area contributed by atoms with Crippen molar-refractivity contribution in [1.82, 2.24) is 14.6 Å². The van der Waals surface area contributed by atoms with Gasteiger partial charge in [0.15, 0.2) is 5.82 Å². The van der Waals surface area contributed by atoms with Gasteiger partial charge in [-0.1, -0.05) is 92.1 Å². The van der Waals surface area contributed by atoms with Crippen LogP contribution in [0.5, 0.6) is 5.75 Å². The maximum atomic E-state index is 12.8. The van der Waals surface area contributed by atoms with Crippen LogP contribution in [0.4, 0.5) is 0 Å². The third kappa shape index (κ3) is 5.27. The quantitative estimate of drug-likeness (QED) is 0.356. The summed E-state index contributed by atoms with van der Waals surface area (Å²) in [6.45, 7) is 2.88. The van der Waals surface area contributed by atoms with Gasteiger partial charge in [-0.2, -0.15) is 9.50 Å². The summed E-state index contributed by atoms with van der Waals surface area (Å²) in [5.74, 6) is 1.32. The standard InChI is InChI=1S/C25H25N3O2S/c1-2-3-4-10-17-30-21-14-9-8-13-20(21)18-22-24(29)28-25(31-22)26-23(27-28)16-15-19-11-6-5-7-12-19/h5-9,11-16,18H,2-4,10,17H2,1H3. The van der Waals surface area contributed by atoms with Crippen LogP contribution < -0.4 is 14.8 Å². The van der Waals surface area contributed by atoms with Crippen molar-refractivity contribution >= 4 is 34.5 Å². The molecule has 0 saturated heterocycles. The minimum atomic E-state index is -0.162. The van der Waals surface area contributed by atoms with E-state index in [0.717, 1.165) is 23.3 Å². The summed E-state index contributed by atoms with van der Waals surface area (Å²) in [4.78, 5) is 17.9. The van der Waals surface area contributed by atoms with Crippen molar-refractivity contribution in [2.75, 3.05) is 6.61 Å². The number of fused-ring (bicyclic) bond motifs is 1. The number of aromatic nitrogens is 3. The van der Waals surface area contributed by atoms with Crippen molar-refractivity contribution in [3.8, 4) is 5.75 Å². The molecule has 0 atom stereocenters. The molecule has 0 aliphatic carbocycles. The number of hydrogen-bond donors (Lipinski definition) is 0. The van der Waals surface area contributed by atoms with Crippen molar-refractivity contribution < 1.29 is 4.74 Å². The van der Waals surface area contributed by atoms with Crippen LogP contribution in [0.2, 0.25) is 0 Å². The summed E-state index contributed by atoms with van der Waals surface area (Å²) in [5, 5.41) is 4.36. The summed E-state index contributed by atoms with van der Waals surface area (Å²) in [7, 11) is 0. The van der Waals surface area contributed by atoms with E-state index in [0.29, 0.717) is 21.9 Å². The molecular formula is C25H25N3O2S. The Morgan fingerprint density at radius 3 is 2.61 bits per heavy atom. The van der Waals surface area contributed by atoms with E-state index in [2.05, 4.69) is 17.0 Å². The molecule has 0 aliphatic heterocycles. The number of rotatable bonds is 9. The summed E-state index contributed by atoms with van der Waals surface area (Å²) in [5.41, 5.74) is 1.79. The van der Waals surface area contributed by atoms with Crippen LogP contribution in [0.25, 0.3) is 23.2 Å². The molecular weight excluding hydrogens is 406 g/mol. The first-order valence-electron chi connectivity index (χ1n) is 10.6. The van der Waals surface area contributed by atoms with E-state index in [1.54, 1.807) is 0 Å².